The number of alkyl halides is 5. The van der Waals surface area contributed by atoms with E-state index in [9.17, 15) is 31.0 Å². The molecule has 0 bridgehead atoms. The maximum Gasteiger partial charge on any atom is 0.453 e. The number of methoxy groups -OCH3 is 1. The van der Waals surface area contributed by atoms with Crippen LogP contribution in [0.1, 0.15) is 45.7 Å². The number of aryl methyl sites for hydroxylation is 1. The molecular weight excluding hydrogens is 569 g/mol. The Hall–Kier alpha value is -2.64. The lowest BCUT2D eigenvalue weighted by Crippen LogP contribution is -2.56. The van der Waals surface area contributed by atoms with Gasteiger partial charge in [0.15, 0.2) is 0 Å². The monoisotopic (exact) mass is 605 g/mol. The summed E-state index contributed by atoms with van der Waals surface area (Å²) in [6.45, 7) is 7.50. The highest BCUT2D eigenvalue weighted by atomic mass is 32.2. The molecule has 1 fully saturated rings. The Kier molecular flexibility index (Phi) is 9.86. The normalized spacial score (nSPS) is 18.1. The van der Waals surface area contributed by atoms with Crippen LogP contribution >= 0.6 is 0 Å². The third-order valence-electron chi connectivity index (χ3n) is 7.02. The molecule has 2 heterocycles. The van der Waals surface area contributed by atoms with Gasteiger partial charge >= 0.3 is 18.1 Å². The van der Waals surface area contributed by atoms with Crippen molar-refractivity contribution in [3.05, 3.63) is 42.4 Å². The molecule has 1 aromatic heterocycles. The quantitative estimate of drug-likeness (QED) is 0.210. The zero-order chi connectivity index (χ0) is 30.7. The Balaban J connectivity index is 1.82. The maximum absolute atomic E-state index is 14.4. The maximum atomic E-state index is 14.4. The van der Waals surface area contributed by atoms with Crippen molar-refractivity contribution in [3.8, 4) is 11.3 Å². The van der Waals surface area contributed by atoms with Gasteiger partial charge in [-0.05, 0) is 58.0 Å². The number of esters is 1. The minimum atomic E-state index is -5.63. The molecule has 228 valence electrons. The zero-order valence-corrected chi connectivity index (χ0v) is 24.4. The number of nitrogens with zero attached hydrogens (tertiary/aromatic N) is 3. The second kappa shape index (κ2) is 12.3. The average Bonchev–Trinajstić information content (AvgIpc) is 2.89. The molecular formula is C28H36F5N3O4S. The number of halogens is 5. The van der Waals surface area contributed by atoms with Crippen LogP contribution in [0.25, 0.3) is 11.3 Å². The minimum absolute atomic E-state index is 0.00813. The lowest BCUT2D eigenvalue weighted by molar-refractivity contribution is -0.284. The van der Waals surface area contributed by atoms with E-state index in [1.54, 1.807) is 52.1 Å². The molecule has 41 heavy (non-hydrogen) atoms. The van der Waals surface area contributed by atoms with Gasteiger partial charge in [-0.1, -0.05) is 12.1 Å². The Morgan fingerprint density at radius 2 is 1.66 bits per heavy atom. The molecule has 0 saturated carbocycles. The van der Waals surface area contributed by atoms with E-state index in [4.69, 9.17) is 9.47 Å². The van der Waals surface area contributed by atoms with Gasteiger partial charge in [-0.25, -0.2) is 0 Å². The third-order valence-corrected chi connectivity index (χ3v) is 9.89. The molecule has 0 N–H and O–H groups in total. The first kappa shape index (κ1) is 32.9. The van der Waals surface area contributed by atoms with Crippen molar-refractivity contribution in [1.82, 2.24) is 14.9 Å². The molecule has 1 unspecified atom stereocenters. The standard InChI is InChI=1S/C28H36F5N3O4S/c1-25(2,3)40-24(37)26(12-14-36(15-13-26)16-17-39-4)41(5,38)22-8-6-20(7-9-22)23-19-34-21(18-35-23)10-11-27(29,30)28(31,32)33/h6-9,18-19H,5,10-17H2,1-4H3. The number of hydrogen-bond donors (Lipinski definition) is 0. The second-order valence-corrected chi connectivity index (χ2v) is 13.7. The Morgan fingerprint density at radius 3 is 2.15 bits per heavy atom. The van der Waals surface area contributed by atoms with Crippen LogP contribution in [0.5, 0.6) is 0 Å². The third kappa shape index (κ3) is 7.61. The fourth-order valence-corrected chi connectivity index (χ4v) is 6.71. The molecule has 3 rings (SSSR count). The summed E-state index contributed by atoms with van der Waals surface area (Å²) in [4.78, 5) is 24.2. The Morgan fingerprint density at radius 1 is 1.05 bits per heavy atom. The average molecular weight is 606 g/mol. The lowest BCUT2D eigenvalue weighted by Gasteiger charge is -2.42. The molecule has 1 aromatic carbocycles. The van der Waals surface area contributed by atoms with E-state index in [-0.39, 0.29) is 18.5 Å². The summed E-state index contributed by atoms with van der Waals surface area (Å²) < 4.78 is 87.6. The van der Waals surface area contributed by atoms with Crippen LogP contribution in [-0.4, -0.2) is 86.7 Å². The first-order valence-corrected chi connectivity index (χ1v) is 14.8. The molecule has 1 aliphatic rings. The van der Waals surface area contributed by atoms with Crippen LogP contribution in [0, 0.1) is 0 Å². The van der Waals surface area contributed by atoms with Crippen LogP contribution in [0.2, 0.25) is 0 Å². The summed E-state index contributed by atoms with van der Waals surface area (Å²) in [5.41, 5.74) is 0.0895. The van der Waals surface area contributed by atoms with Crippen molar-refractivity contribution in [1.29, 1.82) is 0 Å². The number of rotatable bonds is 10. The largest absolute Gasteiger partial charge is 0.459 e. The summed E-state index contributed by atoms with van der Waals surface area (Å²) in [6, 6.07) is 6.43. The van der Waals surface area contributed by atoms with E-state index < -0.39 is 50.8 Å². The molecule has 1 aliphatic heterocycles. The molecule has 1 saturated heterocycles. The van der Waals surface area contributed by atoms with E-state index in [1.807, 2.05) is 0 Å². The Labute approximate surface area is 237 Å². The van der Waals surface area contributed by atoms with Gasteiger partial charge in [0.1, 0.15) is 10.3 Å². The van der Waals surface area contributed by atoms with Gasteiger partial charge < -0.3 is 14.4 Å². The summed E-state index contributed by atoms with van der Waals surface area (Å²) in [6.07, 6.45) is -4.66. The molecule has 7 nitrogen and oxygen atoms in total. The second-order valence-electron chi connectivity index (χ2n) is 11.1. The van der Waals surface area contributed by atoms with E-state index >= 15 is 0 Å². The first-order chi connectivity index (χ1) is 18.9. The predicted molar refractivity (Wildman–Crippen MR) is 146 cm³/mol. The summed E-state index contributed by atoms with van der Waals surface area (Å²) in [5, 5.41) is 0. The summed E-state index contributed by atoms with van der Waals surface area (Å²) in [7, 11) is -1.60. The van der Waals surface area contributed by atoms with Crippen LogP contribution in [-0.2, 0) is 30.2 Å². The summed E-state index contributed by atoms with van der Waals surface area (Å²) in [5.74, 6) is -1.31. The van der Waals surface area contributed by atoms with E-state index in [0.717, 1.165) is 6.20 Å². The molecule has 1 atom stereocenters. The molecule has 0 aliphatic carbocycles. The number of aromatic nitrogens is 2. The smallest absolute Gasteiger partial charge is 0.453 e. The zero-order valence-electron chi connectivity index (χ0n) is 23.6. The lowest BCUT2D eigenvalue weighted by atomic mass is 9.95. The number of carbonyl (C=O) groups is 1. The van der Waals surface area contributed by atoms with Gasteiger partial charge in [-0.3, -0.25) is 19.0 Å². The van der Waals surface area contributed by atoms with Gasteiger partial charge in [-0.2, -0.15) is 22.0 Å². The number of hydrogen-bond acceptors (Lipinski definition) is 7. The number of likely N-dealkylation sites (tertiary alicyclic amines) is 1. The highest BCUT2D eigenvalue weighted by Gasteiger charge is 2.56. The molecule has 0 radical (unpaired) electrons. The predicted octanol–water partition coefficient (Wildman–Crippen LogP) is 5.17. The fraction of sp³-hybridized carbons (Fsp3) is 0.571. The molecule has 13 heteroatoms. The summed E-state index contributed by atoms with van der Waals surface area (Å²) >= 11 is 0. The highest BCUT2D eigenvalue weighted by Crippen LogP contribution is 2.40. The molecule has 2 aromatic rings. The van der Waals surface area contributed by atoms with Gasteiger partial charge in [0.05, 0.1) is 24.2 Å². The molecule has 0 spiro atoms. The van der Waals surface area contributed by atoms with Crippen molar-refractivity contribution >= 4 is 21.4 Å². The van der Waals surface area contributed by atoms with Crippen molar-refractivity contribution in [2.24, 2.45) is 0 Å². The number of carbonyl (C=O) groups excluding carboxylic acids is 1. The topological polar surface area (TPSA) is 81.6 Å². The van der Waals surface area contributed by atoms with Gasteiger partial charge in [0.25, 0.3) is 0 Å². The molecule has 0 amide bonds. The first-order valence-electron chi connectivity index (χ1n) is 13.1. The van der Waals surface area contributed by atoms with Crippen molar-refractivity contribution < 1.29 is 40.4 Å². The highest BCUT2D eigenvalue weighted by molar-refractivity contribution is 8.02. The number of ether oxygens (including phenoxy) is 2. The Bertz CT molecular complexity index is 1280. The van der Waals surface area contributed by atoms with Crippen molar-refractivity contribution in [3.63, 3.8) is 0 Å². The van der Waals surface area contributed by atoms with Crippen LogP contribution in [0.4, 0.5) is 22.0 Å². The van der Waals surface area contributed by atoms with Crippen LogP contribution in [0.15, 0.2) is 41.6 Å². The fourth-order valence-electron chi connectivity index (χ4n) is 4.53. The van der Waals surface area contributed by atoms with Crippen molar-refractivity contribution in [2.75, 3.05) is 33.4 Å². The van der Waals surface area contributed by atoms with E-state index in [1.165, 1.54) is 6.20 Å². The van der Waals surface area contributed by atoms with Crippen molar-refractivity contribution in [2.45, 2.75) is 73.8 Å². The van der Waals surface area contributed by atoms with E-state index in [2.05, 4.69) is 20.7 Å². The minimum Gasteiger partial charge on any atom is -0.459 e. The van der Waals surface area contributed by atoms with Crippen LogP contribution < -0.4 is 0 Å². The number of piperidine rings is 1. The van der Waals surface area contributed by atoms with E-state index in [0.29, 0.717) is 42.4 Å². The van der Waals surface area contributed by atoms with Crippen LogP contribution in [0.3, 0.4) is 0 Å². The van der Waals surface area contributed by atoms with Gasteiger partial charge in [-0.15, -0.1) is 0 Å². The van der Waals surface area contributed by atoms with Gasteiger partial charge in [0.2, 0.25) is 0 Å². The van der Waals surface area contributed by atoms with Gasteiger partial charge in [0, 0.05) is 59.3 Å². The number of benzene rings is 1. The SMILES string of the molecule is C=S(=O)(c1ccc(-c2cnc(CCC(F)(F)C(F)(F)F)cn2)cc1)C1(C(=O)OC(C)(C)C)CCN(CCOC)CC1.